The molecular formula is C18H16F3N3O3. The zero-order chi connectivity index (χ0) is 19.4. The summed E-state index contributed by atoms with van der Waals surface area (Å²) >= 11 is 0. The van der Waals surface area contributed by atoms with Gasteiger partial charge in [-0.3, -0.25) is 4.79 Å². The number of hydrogen-bond acceptors (Lipinski definition) is 5. The molecule has 27 heavy (non-hydrogen) atoms. The van der Waals surface area contributed by atoms with Gasteiger partial charge >= 0.3 is 6.18 Å². The molecule has 9 heteroatoms. The van der Waals surface area contributed by atoms with Crippen molar-refractivity contribution in [3.63, 3.8) is 0 Å². The van der Waals surface area contributed by atoms with E-state index in [9.17, 15) is 18.0 Å². The average Bonchev–Trinajstić information content (AvgIpc) is 3.30. The fraction of sp³-hybridized carbons (Fsp3) is 0.278. The van der Waals surface area contributed by atoms with E-state index in [-0.39, 0.29) is 25.3 Å². The van der Waals surface area contributed by atoms with E-state index in [2.05, 4.69) is 10.1 Å². The maximum atomic E-state index is 12.6. The molecule has 0 radical (unpaired) electrons. The molecule has 0 saturated carbocycles. The highest BCUT2D eigenvalue weighted by molar-refractivity contribution is 5.76. The largest absolute Gasteiger partial charge is 0.461 e. The molecule has 2 heterocycles. The molecule has 3 aromatic rings. The number of amides is 1. The predicted octanol–water partition coefficient (Wildman–Crippen LogP) is 3.94. The van der Waals surface area contributed by atoms with Crippen molar-refractivity contribution in [1.82, 2.24) is 15.0 Å². The summed E-state index contributed by atoms with van der Waals surface area (Å²) in [5.74, 6) is 0.890. The van der Waals surface area contributed by atoms with Crippen LogP contribution in [0.5, 0.6) is 0 Å². The Morgan fingerprint density at radius 3 is 2.56 bits per heavy atom. The molecule has 0 aliphatic heterocycles. The SMILES string of the molecule is CN(Cc1ccc(C(F)(F)F)cc1)C(=O)CCc1nc(-c2ccco2)no1. The molecule has 1 amide bonds. The summed E-state index contributed by atoms with van der Waals surface area (Å²) in [6.45, 7) is 0.207. The van der Waals surface area contributed by atoms with Crippen molar-refractivity contribution in [3.8, 4) is 11.6 Å². The van der Waals surface area contributed by atoms with Gasteiger partial charge in [-0.15, -0.1) is 0 Å². The van der Waals surface area contributed by atoms with Crippen molar-refractivity contribution in [2.75, 3.05) is 7.05 Å². The Morgan fingerprint density at radius 1 is 1.19 bits per heavy atom. The van der Waals surface area contributed by atoms with Crippen LogP contribution in [-0.2, 0) is 23.9 Å². The Hall–Kier alpha value is -3.10. The van der Waals surface area contributed by atoms with E-state index in [1.165, 1.54) is 23.3 Å². The molecule has 0 N–H and O–H groups in total. The van der Waals surface area contributed by atoms with Gasteiger partial charge in [-0.2, -0.15) is 18.2 Å². The van der Waals surface area contributed by atoms with Crippen molar-refractivity contribution in [2.45, 2.75) is 25.6 Å². The predicted molar refractivity (Wildman–Crippen MR) is 88.2 cm³/mol. The van der Waals surface area contributed by atoms with Crippen LogP contribution in [0.2, 0.25) is 0 Å². The number of hydrogen-bond donors (Lipinski definition) is 0. The number of rotatable bonds is 6. The maximum Gasteiger partial charge on any atom is 0.416 e. The van der Waals surface area contributed by atoms with Crippen LogP contribution < -0.4 is 0 Å². The van der Waals surface area contributed by atoms with Crippen molar-refractivity contribution >= 4 is 5.91 Å². The molecule has 3 rings (SSSR count). The van der Waals surface area contributed by atoms with Gasteiger partial charge in [0.2, 0.25) is 17.6 Å². The Labute approximate surface area is 152 Å². The number of aromatic nitrogens is 2. The minimum Gasteiger partial charge on any atom is -0.461 e. The number of benzene rings is 1. The smallest absolute Gasteiger partial charge is 0.416 e. The Morgan fingerprint density at radius 2 is 1.93 bits per heavy atom. The monoisotopic (exact) mass is 379 g/mol. The van der Waals surface area contributed by atoms with E-state index in [1.807, 2.05) is 0 Å². The topological polar surface area (TPSA) is 72.4 Å². The number of carbonyl (C=O) groups is 1. The summed E-state index contributed by atoms with van der Waals surface area (Å²) in [5, 5.41) is 3.78. The van der Waals surface area contributed by atoms with Crippen LogP contribution >= 0.6 is 0 Å². The van der Waals surface area contributed by atoms with E-state index in [1.54, 1.807) is 19.2 Å². The van der Waals surface area contributed by atoms with Crippen LogP contribution in [-0.4, -0.2) is 28.0 Å². The zero-order valence-electron chi connectivity index (χ0n) is 14.4. The second kappa shape index (κ2) is 7.65. The molecule has 0 saturated heterocycles. The van der Waals surface area contributed by atoms with E-state index in [0.29, 0.717) is 23.0 Å². The molecule has 2 aromatic heterocycles. The summed E-state index contributed by atoms with van der Waals surface area (Å²) in [6, 6.07) is 8.12. The number of alkyl halides is 3. The van der Waals surface area contributed by atoms with Crippen LogP contribution in [0, 0.1) is 0 Å². The number of carbonyl (C=O) groups excluding carboxylic acids is 1. The molecular weight excluding hydrogens is 363 g/mol. The van der Waals surface area contributed by atoms with Gasteiger partial charge in [-0.05, 0) is 29.8 Å². The number of nitrogens with zero attached hydrogens (tertiary/aromatic N) is 3. The third-order valence-corrected chi connectivity index (χ3v) is 3.89. The Bertz CT molecular complexity index is 887. The average molecular weight is 379 g/mol. The van der Waals surface area contributed by atoms with E-state index in [4.69, 9.17) is 8.94 Å². The van der Waals surface area contributed by atoms with E-state index < -0.39 is 11.7 Å². The summed E-state index contributed by atoms with van der Waals surface area (Å²) in [6.07, 6.45) is -2.50. The number of aryl methyl sites for hydroxylation is 1. The molecule has 142 valence electrons. The second-order valence-electron chi connectivity index (χ2n) is 5.93. The molecule has 0 unspecified atom stereocenters. The zero-order valence-corrected chi connectivity index (χ0v) is 14.4. The lowest BCUT2D eigenvalue weighted by atomic mass is 10.1. The summed E-state index contributed by atoms with van der Waals surface area (Å²) in [4.78, 5) is 17.8. The fourth-order valence-electron chi connectivity index (χ4n) is 2.43. The second-order valence-corrected chi connectivity index (χ2v) is 5.93. The third-order valence-electron chi connectivity index (χ3n) is 3.89. The summed E-state index contributed by atoms with van der Waals surface area (Å²) in [5.41, 5.74) is -0.110. The molecule has 0 aliphatic carbocycles. The molecule has 0 bridgehead atoms. The van der Waals surface area contributed by atoms with E-state index >= 15 is 0 Å². The summed E-state index contributed by atoms with van der Waals surface area (Å²) < 4.78 is 48.0. The molecule has 6 nitrogen and oxygen atoms in total. The van der Waals surface area contributed by atoms with Gasteiger partial charge in [0.25, 0.3) is 0 Å². The molecule has 0 atom stereocenters. The normalized spacial score (nSPS) is 11.6. The minimum atomic E-state index is -4.38. The highest BCUT2D eigenvalue weighted by Crippen LogP contribution is 2.29. The van der Waals surface area contributed by atoms with Crippen LogP contribution in [0.4, 0.5) is 13.2 Å². The number of furan rings is 1. The highest BCUT2D eigenvalue weighted by Gasteiger charge is 2.30. The lowest BCUT2D eigenvalue weighted by Gasteiger charge is -2.17. The van der Waals surface area contributed by atoms with E-state index in [0.717, 1.165) is 12.1 Å². The first-order valence-corrected chi connectivity index (χ1v) is 8.09. The van der Waals surface area contributed by atoms with Crippen molar-refractivity contribution in [2.24, 2.45) is 0 Å². The summed E-state index contributed by atoms with van der Waals surface area (Å²) in [7, 11) is 1.59. The molecule has 0 fully saturated rings. The third kappa shape index (κ3) is 4.75. The van der Waals surface area contributed by atoms with Crippen LogP contribution in [0.3, 0.4) is 0 Å². The van der Waals surface area contributed by atoms with Crippen LogP contribution in [0.25, 0.3) is 11.6 Å². The molecule has 0 aliphatic rings. The quantitative estimate of drug-likeness (QED) is 0.649. The maximum absolute atomic E-state index is 12.6. The van der Waals surface area contributed by atoms with Gasteiger partial charge in [-0.1, -0.05) is 17.3 Å². The van der Waals surface area contributed by atoms with Crippen molar-refractivity contribution in [1.29, 1.82) is 0 Å². The lowest BCUT2D eigenvalue weighted by Crippen LogP contribution is -2.26. The van der Waals surface area contributed by atoms with Gasteiger partial charge in [0.05, 0.1) is 11.8 Å². The molecule has 1 aromatic carbocycles. The first-order valence-electron chi connectivity index (χ1n) is 8.09. The number of halogens is 3. The van der Waals surface area contributed by atoms with Crippen molar-refractivity contribution in [3.05, 3.63) is 59.7 Å². The first-order chi connectivity index (χ1) is 12.8. The van der Waals surface area contributed by atoms with Gasteiger partial charge in [0.15, 0.2) is 5.76 Å². The van der Waals surface area contributed by atoms with Crippen LogP contribution in [0.1, 0.15) is 23.4 Å². The minimum absolute atomic E-state index is 0.136. The fourth-order valence-corrected chi connectivity index (χ4v) is 2.43. The standard InChI is InChI=1S/C18H16F3N3O3/c1-24(11-12-4-6-13(7-5-12)18(19,20)21)16(25)9-8-15-22-17(23-27-15)14-3-2-10-26-14/h2-7,10H,8-9,11H2,1H3. The first kappa shape index (κ1) is 18.7. The molecule has 0 spiro atoms. The van der Waals surface area contributed by atoms with Gasteiger partial charge in [0.1, 0.15) is 0 Å². The lowest BCUT2D eigenvalue weighted by molar-refractivity contribution is -0.137. The Kier molecular flexibility index (Phi) is 5.29. The highest BCUT2D eigenvalue weighted by atomic mass is 19.4. The van der Waals surface area contributed by atoms with Crippen molar-refractivity contribution < 1.29 is 26.9 Å². The van der Waals surface area contributed by atoms with Crippen LogP contribution in [0.15, 0.2) is 51.6 Å². The van der Waals surface area contributed by atoms with Gasteiger partial charge < -0.3 is 13.8 Å². The Balaban J connectivity index is 1.52. The van der Waals surface area contributed by atoms with Gasteiger partial charge in [0, 0.05) is 26.4 Å². The van der Waals surface area contributed by atoms with Gasteiger partial charge in [-0.25, -0.2) is 0 Å².